The topological polar surface area (TPSA) is 63.3 Å². The van der Waals surface area contributed by atoms with Crippen molar-refractivity contribution in [3.05, 3.63) is 51.5 Å². The normalized spacial score (nSPS) is 10.5. The number of halogens is 2. The van der Waals surface area contributed by atoms with E-state index in [1.54, 1.807) is 31.2 Å². The smallest absolute Gasteiger partial charge is 0.248 e. The van der Waals surface area contributed by atoms with E-state index in [9.17, 15) is 9.90 Å². The van der Waals surface area contributed by atoms with E-state index in [0.29, 0.717) is 21.2 Å². The third-order valence-electron chi connectivity index (χ3n) is 2.77. The van der Waals surface area contributed by atoms with Gasteiger partial charge in [-0.3, -0.25) is 4.79 Å². The quantitative estimate of drug-likeness (QED) is 0.886. The number of phenols is 1. The van der Waals surface area contributed by atoms with Crippen LogP contribution in [0.1, 0.15) is 15.9 Å². The van der Waals surface area contributed by atoms with Crippen LogP contribution in [0, 0.1) is 6.92 Å². The summed E-state index contributed by atoms with van der Waals surface area (Å²) in [6, 6.07) is 7.86. The molecule has 2 aromatic carbocycles. The maximum absolute atomic E-state index is 11.2. The van der Waals surface area contributed by atoms with Crippen LogP contribution >= 0.6 is 23.2 Å². The number of hydrogen-bond acceptors (Lipinski definition) is 2. The summed E-state index contributed by atoms with van der Waals surface area (Å²) in [5.74, 6) is -0.513. The molecule has 0 unspecified atom stereocenters. The molecule has 0 saturated heterocycles. The molecule has 3 nitrogen and oxygen atoms in total. The summed E-state index contributed by atoms with van der Waals surface area (Å²) in [6.45, 7) is 1.79. The minimum atomic E-state index is -0.582. The summed E-state index contributed by atoms with van der Waals surface area (Å²) in [5.41, 5.74) is 7.36. The molecule has 0 bridgehead atoms. The standard InChI is InChI=1S/C14H11Cl2NO2/c1-7-2-13(18)11(6-12(7)16)8-3-9(14(17)19)5-10(15)4-8/h2-6,18H,1H3,(H2,17,19). The molecule has 5 heteroatoms. The Balaban J connectivity index is 2.65. The third-order valence-corrected chi connectivity index (χ3v) is 3.40. The second kappa shape index (κ2) is 5.11. The monoisotopic (exact) mass is 295 g/mol. The molecule has 98 valence electrons. The summed E-state index contributed by atoms with van der Waals surface area (Å²) in [4.78, 5) is 11.2. The molecule has 0 aliphatic carbocycles. The lowest BCUT2D eigenvalue weighted by Gasteiger charge is -2.09. The number of benzene rings is 2. The number of phenolic OH excluding ortho intramolecular Hbond substituents is 1. The summed E-state index contributed by atoms with van der Waals surface area (Å²) >= 11 is 12.0. The van der Waals surface area contributed by atoms with Gasteiger partial charge in [-0.2, -0.15) is 0 Å². The van der Waals surface area contributed by atoms with Crippen molar-refractivity contribution in [3.63, 3.8) is 0 Å². The Morgan fingerprint density at radius 1 is 1.16 bits per heavy atom. The SMILES string of the molecule is Cc1cc(O)c(-c2cc(Cl)cc(C(N)=O)c2)cc1Cl. The Labute approximate surface area is 120 Å². The van der Waals surface area contributed by atoms with Crippen molar-refractivity contribution >= 4 is 29.1 Å². The van der Waals surface area contributed by atoms with Crippen LogP contribution in [0.2, 0.25) is 10.0 Å². The molecule has 0 aliphatic rings. The van der Waals surface area contributed by atoms with E-state index >= 15 is 0 Å². The van der Waals surface area contributed by atoms with E-state index in [2.05, 4.69) is 0 Å². The van der Waals surface area contributed by atoms with Gasteiger partial charge in [0.2, 0.25) is 5.91 Å². The number of rotatable bonds is 2. The highest BCUT2D eigenvalue weighted by atomic mass is 35.5. The first kappa shape index (κ1) is 13.7. The van der Waals surface area contributed by atoms with Gasteiger partial charge >= 0.3 is 0 Å². The highest BCUT2D eigenvalue weighted by molar-refractivity contribution is 6.32. The molecule has 0 saturated carbocycles. The predicted octanol–water partition coefficient (Wildman–Crippen LogP) is 3.77. The second-order valence-electron chi connectivity index (χ2n) is 4.21. The van der Waals surface area contributed by atoms with Crippen molar-refractivity contribution in [1.29, 1.82) is 0 Å². The second-order valence-corrected chi connectivity index (χ2v) is 5.06. The number of amides is 1. The lowest BCUT2D eigenvalue weighted by Crippen LogP contribution is -2.10. The van der Waals surface area contributed by atoms with Crippen LogP contribution in [-0.2, 0) is 0 Å². The van der Waals surface area contributed by atoms with Crippen LogP contribution < -0.4 is 5.73 Å². The van der Waals surface area contributed by atoms with Crippen molar-refractivity contribution in [1.82, 2.24) is 0 Å². The Kier molecular flexibility index (Phi) is 3.69. The minimum absolute atomic E-state index is 0.0691. The molecule has 0 aliphatic heterocycles. The van der Waals surface area contributed by atoms with Gasteiger partial charge in [-0.25, -0.2) is 0 Å². The van der Waals surface area contributed by atoms with Gasteiger partial charge in [-0.15, -0.1) is 0 Å². The first-order valence-electron chi connectivity index (χ1n) is 5.48. The average molecular weight is 296 g/mol. The van der Waals surface area contributed by atoms with Crippen LogP contribution in [0.15, 0.2) is 30.3 Å². The lowest BCUT2D eigenvalue weighted by atomic mass is 10.0. The zero-order valence-electron chi connectivity index (χ0n) is 10.1. The van der Waals surface area contributed by atoms with E-state index in [4.69, 9.17) is 28.9 Å². The number of nitrogens with two attached hydrogens (primary N) is 1. The fraction of sp³-hybridized carbons (Fsp3) is 0.0714. The number of carbonyl (C=O) groups is 1. The van der Waals surface area contributed by atoms with Crippen LogP contribution in [0.3, 0.4) is 0 Å². The number of hydrogen-bond donors (Lipinski definition) is 2. The lowest BCUT2D eigenvalue weighted by molar-refractivity contribution is 0.100. The molecule has 1 amide bonds. The summed E-state index contributed by atoms with van der Waals surface area (Å²) in [6.07, 6.45) is 0. The molecule has 2 rings (SSSR count). The fourth-order valence-electron chi connectivity index (χ4n) is 1.78. The van der Waals surface area contributed by atoms with E-state index in [1.165, 1.54) is 6.07 Å². The number of primary amides is 1. The predicted molar refractivity (Wildman–Crippen MR) is 76.8 cm³/mol. The van der Waals surface area contributed by atoms with Gasteiger partial charge < -0.3 is 10.8 Å². The van der Waals surface area contributed by atoms with E-state index in [-0.39, 0.29) is 11.3 Å². The number of carbonyl (C=O) groups excluding carboxylic acids is 1. The van der Waals surface area contributed by atoms with Crippen molar-refractivity contribution in [2.45, 2.75) is 6.92 Å². The summed E-state index contributed by atoms with van der Waals surface area (Å²) < 4.78 is 0. The summed E-state index contributed by atoms with van der Waals surface area (Å²) in [7, 11) is 0. The first-order chi connectivity index (χ1) is 8.88. The highest BCUT2D eigenvalue weighted by Crippen LogP contribution is 2.35. The fourth-order valence-corrected chi connectivity index (χ4v) is 2.18. The van der Waals surface area contributed by atoms with Crippen LogP contribution in [0.4, 0.5) is 0 Å². The van der Waals surface area contributed by atoms with Gasteiger partial charge in [-0.1, -0.05) is 23.2 Å². The van der Waals surface area contributed by atoms with Gasteiger partial charge in [-0.05, 0) is 48.4 Å². The van der Waals surface area contributed by atoms with Crippen molar-refractivity contribution in [2.75, 3.05) is 0 Å². The summed E-state index contributed by atoms with van der Waals surface area (Å²) in [5, 5.41) is 10.9. The van der Waals surface area contributed by atoms with E-state index in [1.807, 2.05) is 0 Å². The first-order valence-corrected chi connectivity index (χ1v) is 6.24. The average Bonchev–Trinajstić information content (AvgIpc) is 2.33. The molecule has 3 N–H and O–H groups in total. The Morgan fingerprint density at radius 2 is 1.84 bits per heavy atom. The molecular weight excluding hydrogens is 285 g/mol. The van der Waals surface area contributed by atoms with Crippen LogP contribution in [-0.4, -0.2) is 11.0 Å². The van der Waals surface area contributed by atoms with Crippen molar-refractivity contribution < 1.29 is 9.90 Å². The van der Waals surface area contributed by atoms with Gasteiger partial charge in [0.25, 0.3) is 0 Å². The van der Waals surface area contributed by atoms with Crippen molar-refractivity contribution in [2.24, 2.45) is 5.73 Å². The zero-order chi connectivity index (χ0) is 14.2. The van der Waals surface area contributed by atoms with E-state index < -0.39 is 5.91 Å². The number of aryl methyl sites for hydroxylation is 1. The Morgan fingerprint density at radius 3 is 2.47 bits per heavy atom. The van der Waals surface area contributed by atoms with Crippen LogP contribution in [0.5, 0.6) is 5.75 Å². The third kappa shape index (κ3) is 2.83. The molecule has 0 spiro atoms. The zero-order valence-corrected chi connectivity index (χ0v) is 11.6. The molecule has 0 fully saturated rings. The number of aromatic hydroxyl groups is 1. The highest BCUT2D eigenvalue weighted by Gasteiger charge is 2.11. The van der Waals surface area contributed by atoms with Gasteiger partial charge in [0.05, 0.1) is 0 Å². The van der Waals surface area contributed by atoms with Crippen molar-refractivity contribution in [3.8, 4) is 16.9 Å². The molecular formula is C14H11Cl2NO2. The Bertz CT molecular complexity index is 669. The van der Waals surface area contributed by atoms with Gasteiger partial charge in [0.1, 0.15) is 5.75 Å². The maximum Gasteiger partial charge on any atom is 0.248 e. The molecule has 19 heavy (non-hydrogen) atoms. The maximum atomic E-state index is 11.2. The molecule has 0 aromatic heterocycles. The molecule has 0 radical (unpaired) electrons. The van der Waals surface area contributed by atoms with Gasteiger partial charge in [0, 0.05) is 21.2 Å². The minimum Gasteiger partial charge on any atom is -0.507 e. The van der Waals surface area contributed by atoms with Crippen LogP contribution in [0.25, 0.3) is 11.1 Å². The largest absolute Gasteiger partial charge is 0.507 e. The van der Waals surface area contributed by atoms with E-state index in [0.717, 1.165) is 5.56 Å². The molecule has 2 aromatic rings. The van der Waals surface area contributed by atoms with Gasteiger partial charge in [0.15, 0.2) is 0 Å². The molecule has 0 heterocycles. The molecule has 0 atom stereocenters. The Hall–Kier alpha value is -1.71.